The quantitative estimate of drug-likeness (QED) is 0.410. The first-order valence-corrected chi connectivity index (χ1v) is 11.4. The van der Waals surface area contributed by atoms with Gasteiger partial charge in [0.2, 0.25) is 5.91 Å². The fraction of sp³-hybridized carbons (Fsp3) is 0.259. The minimum atomic E-state index is -0.214. The molecular formula is C27H29FN4O2. The molecule has 0 aliphatic carbocycles. The number of amides is 1. The van der Waals surface area contributed by atoms with Gasteiger partial charge >= 0.3 is 0 Å². The molecule has 0 spiro atoms. The van der Waals surface area contributed by atoms with E-state index in [9.17, 15) is 9.18 Å². The standard InChI is InChI=1S/C27H29FN4O2/c1-34-26-12-7-22(19-29-30-27(33)18-21-5-3-2-4-6-21)17-23(26)20-31-13-15-32(16-14-31)25-10-8-24(28)9-11-25/h2-12,17,19H,13-16,18,20H2,1H3,(H,30,33)/b29-19-. The van der Waals surface area contributed by atoms with Crippen LogP contribution in [0.4, 0.5) is 10.1 Å². The summed E-state index contributed by atoms with van der Waals surface area (Å²) in [6, 6.07) is 22.1. The van der Waals surface area contributed by atoms with E-state index >= 15 is 0 Å². The Hall–Kier alpha value is -3.71. The number of anilines is 1. The molecule has 3 aromatic carbocycles. The molecule has 7 heteroatoms. The van der Waals surface area contributed by atoms with Crippen LogP contribution in [-0.2, 0) is 17.8 Å². The summed E-state index contributed by atoms with van der Waals surface area (Å²) >= 11 is 0. The average Bonchev–Trinajstić information content (AvgIpc) is 2.86. The first-order chi connectivity index (χ1) is 16.6. The monoisotopic (exact) mass is 460 g/mol. The van der Waals surface area contributed by atoms with E-state index in [-0.39, 0.29) is 18.1 Å². The van der Waals surface area contributed by atoms with Crippen LogP contribution in [0.15, 0.2) is 77.9 Å². The lowest BCUT2D eigenvalue weighted by molar-refractivity contribution is -0.120. The SMILES string of the molecule is COc1ccc(/C=N\NC(=O)Cc2ccccc2)cc1CN1CCN(c2ccc(F)cc2)CC1. The Morgan fingerprint density at radius 3 is 2.47 bits per heavy atom. The molecule has 1 fully saturated rings. The zero-order chi connectivity index (χ0) is 23.8. The van der Waals surface area contributed by atoms with Crippen LogP contribution >= 0.6 is 0 Å². The summed E-state index contributed by atoms with van der Waals surface area (Å²) in [7, 11) is 1.67. The maximum atomic E-state index is 13.2. The molecule has 1 aliphatic heterocycles. The van der Waals surface area contributed by atoms with Gasteiger partial charge in [0.1, 0.15) is 11.6 Å². The van der Waals surface area contributed by atoms with Crippen LogP contribution in [0.3, 0.4) is 0 Å². The third kappa shape index (κ3) is 6.42. The van der Waals surface area contributed by atoms with Crippen LogP contribution in [0, 0.1) is 5.82 Å². The maximum Gasteiger partial charge on any atom is 0.244 e. The number of carbonyl (C=O) groups is 1. The highest BCUT2D eigenvalue weighted by atomic mass is 19.1. The maximum absolute atomic E-state index is 13.2. The van der Waals surface area contributed by atoms with E-state index in [1.54, 1.807) is 13.3 Å². The fourth-order valence-electron chi connectivity index (χ4n) is 4.06. The molecule has 0 bridgehead atoms. The third-order valence-corrected chi connectivity index (χ3v) is 5.87. The molecule has 3 aromatic rings. The zero-order valence-corrected chi connectivity index (χ0v) is 19.3. The van der Waals surface area contributed by atoms with Gasteiger partial charge in [-0.05, 0) is 53.6 Å². The molecule has 4 rings (SSSR count). The number of piperazine rings is 1. The normalized spacial score (nSPS) is 14.4. The molecule has 0 atom stereocenters. The summed E-state index contributed by atoms with van der Waals surface area (Å²) in [5.74, 6) is 0.454. The van der Waals surface area contributed by atoms with Gasteiger partial charge in [0.05, 0.1) is 19.7 Å². The largest absolute Gasteiger partial charge is 0.496 e. The Balaban J connectivity index is 1.33. The highest BCUT2D eigenvalue weighted by molar-refractivity contribution is 5.83. The minimum absolute atomic E-state index is 0.157. The first-order valence-electron chi connectivity index (χ1n) is 11.4. The summed E-state index contributed by atoms with van der Waals surface area (Å²) in [5, 5.41) is 4.12. The summed E-state index contributed by atoms with van der Waals surface area (Å²) < 4.78 is 18.8. The van der Waals surface area contributed by atoms with Gasteiger partial charge in [0.15, 0.2) is 0 Å². The Morgan fingerprint density at radius 1 is 1.03 bits per heavy atom. The van der Waals surface area contributed by atoms with Crippen molar-refractivity contribution in [3.05, 3.63) is 95.3 Å². The van der Waals surface area contributed by atoms with Crippen molar-refractivity contribution in [2.75, 3.05) is 38.2 Å². The molecule has 176 valence electrons. The van der Waals surface area contributed by atoms with Crippen LogP contribution in [0.25, 0.3) is 0 Å². The van der Waals surface area contributed by atoms with Gasteiger partial charge in [-0.15, -0.1) is 0 Å². The number of ether oxygens (including phenoxy) is 1. The highest BCUT2D eigenvalue weighted by Crippen LogP contribution is 2.23. The van der Waals surface area contributed by atoms with E-state index < -0.39 is 0 Å². The second kappa shape index (κ2) is 11.4. The van der Waals surface area contributed by atoms with Crippen molar-refractivity contribution in [1.82, 2.24) is 10.3 Å². The number of hydrogen-bond donors (Lipinski definition) is 1. The average molecular weight is 461 g/mol. The Kier molecular flexibility index (Phi) is 7.88. The van der Waals surface area contributed by atoms with E-state index in [1.165, 1.54) is 12.1 Å². The molecule has 6 nitrogen and oxygen atoms in total. The van der Waals surface area contributed by atoms with Crippen molar-refractivity contribution >= 4 is 17.8 Å². The first kappa shape index (κ1) is 23.4. The molecule has 0 aromatic heterocycles. The van der Waals surface area contributed by atoms with Gasteiger partial charge in [-0.3, -0.25) is 9.69 Å². The molecular weight excluding hydrogens is 431 g/mol. The molecule has 0 saturated carbocycles. The highest BCUT2D eigenvalue weighted by Gasteiger charge is 2.19. The number of hydrazone groups is 1. The second-order valence-electron chi connectivity index (χ2n) is 8.27. The molecule has 1 aliphatic rings. The number of nitrogens with one attached hydrogen (secondary N) is 1. The minimum Gasteiger partial charge on any atom is -0.496 e. The van der Waals surface area contributed by atoms with Gasteiger partial charge in [-0.2, -0.15) is 5.10 Å². The van der Waals surface area contributed by atoms with Crippen molar-refractivity contribution < 1.29 is 13.9 Å². The Labute approximate surface area is 199 Å². The zero-order valence-electron chi connectivity index (χ0n) is 19.3. The van der Waals surface area contributed by atoms with Gasteiger partial charge in [-0.1, -0.05) is 30.3 Å². The van der Waals surface area contributed by atoms with Crippen LogP contribution in [0.1, 0.15) is 16.7 Å². The number of hydrogen-bond acceptors (Lipinski definition) is 5. The summed E-state index contributed by atoms with van der Waals surface area (Å²) in [6.45, 7) is 4.30. The van der Waals surface area contributed by atoms with Crippen LogP contribution in [0.2, 0.25) is 0 Å². The number of methoxy groups -OCH3 is 1. The number of halogens is 1. The number of nitrogens with zero attached hydrogens (tertiary/aromatic N) is 3. The van der Waals surface area contributed by atoms with Crippen LogP contribution < -0.4 is 15.1 Å². The van der Waals surface area contributed by atoms with Gasteiger partial charge in [0.25, 0.3) is 0 Å². The Bertz CT molecular complexity index is 1110. The molecule has 0 unspecified atom stereocenters. The molecule has 0 radical (unpaired) electrons. The summed E-state index contributed by atoms with van der Waals surface area (Å²) in [5.41, 5.74) is 6.54. The van der Waals surface area contributed by atoms with Crippen molar-refractivity contribution in [3.8, 4) is 5.75 Å². The summed E-state index contributed by atoms with van der Waals surface area (Å²) in [4.78, 5) is 16.8. The second-order valence-corrected chi connectivity index (χ2v) is 8.27. The molecule has 1 heterocycles. The smallest absolute Gasteiger partial charge is 0.244 e. The van der Waals surface area contributed by atoms with Crippen LogP contribution in [0.5, 0.6) is 5.75 Å². The summed E-state index contributed by atoms with van der Waals surface area (Å²) in [6.07, 6.45) is 1.94. The van der Waals surface area contributed by atoms with Gasteiger partial charge in [0, 0.05) is 44.0 Å². The predicted molar refractivity (Wildman–Crippen MR) is 133 cm³/mol. The lowest BCUT2D eigenvalue weighted by Crippen LogP contribution is -2.46. The molecule has 1 amide bonds. The third-order valence-electron chi connectivity index (χ3n) is 5.87. The number of rotatable bonds is 8. The fourth-order valence-corrected chi connectivity index (χ4v) is 4.06. The topological polar surface area (TPSA) is 57.2 Å². The van der Waals surface area contributed by atoms with Crippen molar-refractivity contribution in [3.63, 3.8) is 0 Å². The van der Waals surface area contributed by atoms with Gasteiger partial charge in [-0.25, -0.2) is 9.82 Å². The number of benzene rings is 3. The van der Waals surface area contributed by atoms with Crippen LogP contribution in [-0.4, -0.2) is 50.3 Å². The van der Waals surface area contributed by atoms with E-state index in [0.29, 0.717) is 0 Å². The van der Waals surface area contributed by atoms with Crippen molar-refractivity contribution in [1.29, 1.82) is 0 Å². The lowest BCUT2D eigenvalue weighted by atomic mass is 10.1. The van der Waals surface area contributed by atoms with Crippen molar-refractivity contribution in [2.24, 2.45) is 5.10 Å². The van der Waals surface area contributed by atoms with E-state index in [2.05, 4.69) is 20.3 Å². The van der Waals surface area contributed by atoms with Crippen molar-refractivity contribution in [2.45, 2.75) is 13.0 Å². The Morgan fingerprint density at radius 2 is 1.76 bits per heavy atom. The predicted octanol–water partition coefficient (Wildman–Crippen LogP) is 3.85. The van der Waals surface area contributed by atoms with E-state index in [1.807, 2.05) is 60.7 Å². The molecule has 34 heavy (non-hydrogen) atoms. The van der Waals surface area contributed by atoms with E-state index in [0.717, 1.165) is 60.9 Å². The number of carbonyl (C=O) groups excluding carboxylic acids is 1. The van der Waals surface area contributed by atoms with Gasteiger partial charge < -0.3 is 9.64 Å². The lowest BCUT2D eigenvalue weighted by Gasteiger charge is -2.36. The molecule has 1 N–H and O–H groups in total. The molecule has 1 saturated heterocycles. The van der Waals surface area contributed by atoms with E-state index in [4.69, 9.17) is 4.74 Å².